The number of imidazole rings is 2. The Hall–Kier alpha value is -4.66. The van der Waals surface area contributed by atoms with E-state index in [2.05, 4.69) is 61.2 Å². The molecule has 224 valence electrons. The average molecular weight is 587 g/mol. The number of hydrogen-bond acceptors (Lipinski definition) is 7. The number of rotatable bonds is 9. The van der Waals surface area contributed by atoms with Crippen molar-refractivity contribution in [1.29, 1.82) is 0 Å². The Morgan fingerprint density at radius 1 is 0.750 bits per heavy atom. The molecule has 1 aliphatic carbocycles. The maximum absolute atomic E-state index is 5.99. The number of hydrogen-bond donors (Lipinski definition) is 2. The van der Waals surface area contributed by atoms with Gasteiger partial charge in [-0.1, -0.05) is 6.07 Å². The summed E-state index contributed by atoms with van der Waals surface area (Å²) in [5.74, 6) is 2.40. The fraction of sp³-hybridized carbons (Fsp3) is 0.371. The van der Waals surface area contributed by atoms with Gasteiger partial charge in [0.15, 0.2) is 11.6 Å². The van der Waals surface area contributed by atoms with Gasteiger partial charge in [-0.2, -0.15) is 0 Å². The molecular formula is C35H38N8O. The number of anilines is 1. The van der Waals surface area contributed by atoms with E-state index in [9.17, 15) is 0 Å². The van der Waals surface area contributed by atoms with Gasteiger partial charge in [0.1, 0.15) is 17.1 Å². The second-order valence-electron chi connectivity index (χ2n) is 12.1. The number of nitrogens with one attached hydrogen (secondary N) is 2. The van der Waals surface area contributed by atoms with Crippen molar-refractivity contribution in [3.8, 4) is 28.8 Å². The first-order valence-corrected chi connectivity index (χ1v) is 16.1. The van der Waals surface area contributed by atoms with E-state index < -0.39 is 0 Å². The molecule has 0 unspecified atom stereocenters. The molecule has 0 radical (unpaired) electrons. The molecule has 2 aliphatic heterocycles. The van der Waals surface area contributed by atoms with E-state index in [0.717, 1.165) is 84.3 Å². The van der Waals surface area contributed by atoms with Crippen molar-refractivity contribution in [3.05, 3.63) is 77.5 Å². The number of aromatic nitrogens is 6. The Kier molecular flexibility index (Phi) is 7.21. The Morgan fingerprint density at radius 3 is 2.30 bits per heavy atom. The highest BCUT2D eigenvalue weighted by molar-refractivity contribution is 5.82. The van der Waals surface area contributed by atoms with Crippen LogP contribution >= 0.6 is 0 Å². The summed E-state index contributed by atoms with van der Waals surface area (Å²) in [5, 5.41) is 0. The Bertz CT molecular complexity index is 1770. The molecule has 0 spiro atoms. The van der Waals surface area contributed by atoms with Gasteiger partial charge in [-0.15, -0.1) is 0 Å². The first-order valence-electron chi connectivity index (χ1n) is 16.1. The molecule has 0 atom stereocenters. The van der Waals surface area contributed by atoms with Gasteiger partial charge in [0.2, 0.25) is 0 Å². The van der Waals surface area contributed by atoms with Gasteiger partial charge < -0.3 is 24.5 Å². The molecule has 6 heterocycles. The van der Waals surface area contributed by atoms with Crippen molar-refractivity contribution in [2.45, 2.75) is 51.4 Å². The molecular weight excluding hydrogens is 548 g/mol. The topological polar surface area (TPSA) is 98.9 Å². The summed E-state index contributed by atoms with van der Waals surface area (Å²) in [6.07, 6.45) is 15.0. The van der Waals surface area contributed by atoms with Crippen LogP contribution in [-0.4, -0.2) is 67.6 Å². The molecule has 1 aromatic carbocycles. The fourth-order valence-corrected chi connectivity index (χ4v) is 6.67. The number of allylic oxidation sites excluding steroid dienone is 1. The standard InChI is InChI=1S/C35H38N8O/c1-2-16-42(15-1)25-8-12-28-32(20-25)40-34(38-28)30-11-7-24(22-36-30)6-5-19-44-27-10-14-31(37-23-27)35-39-29-13-9-26(21-33(29)41-35)43-17-3-4-18-43/h7,9-11,13-14,20-23H,1-6,8,12,15-19H2,(H,38,40)(H,39,41). The van der Waals surface area contributed by atoms with Crippen molar-refractivity contribution in [2.75, 3.05) is 37.7 Å². The molecule has 0 bridgehead atoms. The van der Waals surface area contributed by atoms with Crippen molar-refractivity contribution < 1.29 is 4.74 Å². The highest BCUT2D eigenvalue weighted by Crippen LogP contribution is 2.30. The number of ether oxygens (including phenoxy) is 1. The van der Waals surface area contributed by atoms with Crippen molar-refractivity contribution in [1.82, 2.24) is 34.8 Å². The Morgan fingerprint density at radius 2 is 1.52 bits per heavy atom. The lowest BCUT2D eigenvalue weighted by atomic mass is 10.0. The van der Waals surface area contributed by atoms with Crippen molar-refractivity contribution >= 4 is 22.8 Å². The smallest absolute Gasteiger partial charge is 0.157 e. The summed E-state index contributed by atoms with van der Waals surface area (Å²) < 4.78 is 5.99. The number of benzene rings is 1. The van der Waals surface area contributed by atoms with Crippen LogP contribution in [0.3, 0.4) is 0 Å². The molecule has 44 heavy (non-hydrogen) atoms. The van der Waals surface area contributed by atoms with E-state index in [1.807, 2.05) is 18.3 Å². The Labute approximate surface area is 257 Å². The monoisotopic (exact) mass is 586 g/mol. The lowest BCUT2D eigenvalue weighted by Gasteiger charge is -2.23. The number of pyridine rings is 2. The van der Waals surface area contributed by atoms with Gasteiger partial charge in [0, 0.05) is 49.5 Å². The van der Waals surface area contributed by atoms with Crippen LogP contribution < -0.4 is 9.64 Å². The second-order valence-corrected chi connectivity index (χ2v) is 12.1. The Balaban J connectivity index is 0.836. The molecule has 2 fully saturated rings. The highest BCUT2D eigenvalue weighted by Gasteiger charge is 2.21. The molecule has 3 aliphatic rings. The molecule has 0 saturated carbocycles. The minimum absolute atomic E-state index is 0.614. The third-order valence-corrected chi connectivity index (χ3v) is 9.12. The van der Waals surface area contributed by atoms with Gasteiger partial charge in [-0.3, -0.25) is 4.98 Å². The van der Waals surface area contributed by atoms with E-state index in [1.165, 1.54) is 61.4 Å². The number of fused-ring (bicyclic) bond motifs is 2. The first-order chi connectivity index (χ1) is 21.7. The third-order valence-electron chi connectivity index (χ3n) is 9.12. The average Bonchev–Trinajstić information content (AvgIpc) is 3.90. The fourth-order valence-electron chi connectivity index (χ4n) is 6.67. The molecule has 9 heteroatoms. The zero-order valence-corrected chi connectivity index (χ0v) is 25.1. The van der Waals surface area contributed by atoms with Crippen LogP contribution in [0.15, 0.2) is 60.6 Å². The van der Waals surface area contributed by atoms with E-state index in [-0.39, 0.29) is 0 Å². The lowest BCUT2D eigenvalue weighted by Crippen LogP contribution is -2.20. The number of aromatic amines is 2. The summed E-state index contributed by atoms with van der Waals surface area (Å²) in [6.45, 7) is 5.23. The van der Waals surface area contributed by atoms with Gasteiger partial charge >= 0.3 is 0 Å². The SMILES string of the molecule is C1=C(N2CCCC2)CCc2[nH]c(-c3ccc(CCCOc4ccc(-c5nc6ccc(N7CCCC7)cc6[nH]5)nc4)cn3)nc21. The van der Waals surface area contributed by atoms with Crippen LogP contribution in [0.1, 0.15) is 55.5 Å². The third kappa shape index (κ3) is 5.54. The quantitative estimate of drug-likeness (QED) is 0.193. The molecule has 8 rings (SSSR count). The van der Waals surface area contributed by atoms with E-state index >= 15 is 0 Å². The maximum atomic E-state index is 5.99. The number of aryl methyl sites for hydroxylation is 2. The van der Waals surface area contributed by atoms with Crippen LogP contribution in [0.4, 0.5) is 5.69 Å². The van der Waals surface area contributed by atoms with Gasteiger partial charge in [0.25, 0.3) is 0 Å². The van der Waals surface area contributed by atoms with Crippen molar-refractivity contribution in [2.24, 2.45) is 0 Å². The summed E-state index contributed by atoms with van der Waals surface area (Å²) in [6, 6.07) is 14.6. The van der Waals surface area contributed by atoms with Crippen molar-refractivity contribution in [3.63, 3.8) is 0 Å². The largest absolute Gasteiger partial charge is 0.492 e. The summed E-state index contributed by atoms with van der Waals surface area (Å²) in [7, 11) is 0. The molecule has 5 aromatic rings. The highest BCUT2D eigenvalue weighted by atomic mass is 16.5. The predicted octanol–water partition coefficient (Wildman–Crippen LogP) is 6.40. The predicted molar refractivity (Wildman–Crippen MR) is 174 cm³/mol. The van der Waals surface area contributed by atoms with Gasteiger partial charge in [-0.05, 0) is 99.4 Å². The summed E-state index contributed by atoms with van der Waals surface area (Å²) >= 11 is 0. The van der Waals surface area contributed by atoms with Crippen LogP contribution in [0.25, 0.3) is 40.1 Å². The van der Waals surface area contributed by atoms with E-state index in [0.29, 0.717) is 6.61 Å². The summed E-state index contributed by atoms with van der Waals surface area (Å²) in [4.78, 5) is 30.9. The van der Waals surface area contributed by atoms with Gasteiger partial charge in [0.05, 0.1) is 29.5 Å². The van der Waals surface area contributed by atoms with E-state index in [1.54, 1.807) is 6.20 Å². The van der Waals surface area contributed by atoms with Gasteiger partial charge in [-0.25, -0.2) is 15.0 Å². The van der Waals surface area contributed by atoms with Crippen LogP contribution in [0.5, 0.6) is 5.75 Å². The van der Waals surface area contributed by atoms with Crippen LogP contribution in [0, 0.1) is 0 Å². The summed E-state index contributed by atoms with van der Waals surface area (Å²) in [5.41, 5.74) is 9.87. The molecule has 9 nitrogen and oxygen atoms in total. The molecule has 0 amide bonds. The normalized spacial score (nSPS) is 16.5. The minimum atomic E-state index is 0.614. The van der Waals surface area contributed by atoms with Crippen LogP contribution in [0.2, 0.25) is 0 Å². The molecule has 2 N–H and O–H groups in total. The zero-order valence-electron chi connectivity index (χ0n) is 25.1. The number of likely N-dealkylation sites (tertiary alicyclic amines) is 1. The number of nitrogens with zero attached hydrogens (tertiary/aromatic N) is 6. The molecule has 2 saturated heterocycles. The molecule has 4 aromatic heterocycles. The first kappa shape index (κ1) is 26.9. The lowest BCUT2D eigenvalue weighted by molar-refractivity contribution is 0.310. The van der Waals surface area contributed by atoms with Crippen LogP contribution in [-0.2, 0) is 12.8 Å². The maximum Gasteiger partial charge on any atom is 0.157 e. The number of H-pyrrole nitrogens is 2. The second kappa shape index (κ2) is 11.8. The zero-order chi connectivity index (χ0) is 29.3. The van der Waals surface area contributed by atoms with E-state index in [4.69, 9.17) is 19.7 Å². The minimum Gasteiger partial charge on any atom is -0.492 e.